The van der Waals surface area contributed by atoms with Gasteiger partial charge >= 0.3 is 0 Å². The first-order chi connectivity index (χ1) is 13.4. The van der Waals surface area contributed by atoms with Gasteiger partial charge in [0.2, 0.25) is 11.8 Å². The molecule has 0 aliphatic carbocycles. The third kappa shape index (κ3) is 3.10. The zero-order valence-corrected chi connectivity index (χ0v) is 15.2. The number of nitrogens with one attached hydrogen (secondary N) is 1. The Kier molecular flexibility index (Phi) is 4.72. The number of likely N-dealkylation sites (tertiary alicyclic amines) is 1. The van der Waals surface area contributed by atoms with Crippen LogP contribution in [-0.2, 0) is 16.1 Å². The Morgan fingerprint density at radius 2 is 1.89 bits per heavy atom. The Morgan fingerprint density at radius 1 is 1.14 bits per heavy atom. The second-order valence-electron chi connectivity index (χ2n) is 7.48. The van der Waals surface area contributed by atoms with Crippen molar-refractivity contribution in [2.24, 2.45) is 5.73 Å². The van der Waals surface area contributed by atoms with Crippen LogP contribution < -0.4 is 11.1 Å². The molecule has 4 amide bonds. The van der Waals surface area contributed by atoms with Crippen LogP contribution in [0.1, 0.15) is 45.5 Å². The van der Waals surface area contributed by atoms with Crippen LogP contribution in [0.4, 0.5) is 4.39 Å². The summed E-state index contributed by atoms with van der Waals surface area (Å²) in [5.41, 5.74) is 6.96. The van der Waals surface area contributed by atoms with Crippen LogP contribution in [0.15, 0.2) is 18.2 Å². The van der Waals surface area contributed by atoms with Gasteiger partial charge in [-0.05, 0) is 30.5 Å². The van der Waals surface area contributed by atoms with E-state index in [9.17, 15) is 23.6 Å². The largest absolute Gasteiger partial charge is 0.329 e. The SMILES string of the molecule is NC[C@@H]1C[C@H](F)CN1Cc1ccc2c(c1)C(=O)N(C1CCC(=O)NC1=O)C2=O. The highest BCUT2D eigenvalue weighted by atomic mass is 19.1. The first-order valence-corrected chi connectivity index (χ1v) is 9.31. The average Bonchev–Trinajstić information content (AvgIpc) is 3.13. The smallest absolute Gasteiger partial charge is 0.262 e. The molecular weight excluding hydrogens is 367 g/mol. The van der Waals surface area contributed by atoms with Gasteiger partial charge in [-0.1, -0.05) is 6.07 Å². The lowest BCUT2D eigenvalue weighted by atomic mass is 10.0. The van der Waals surface area contributed by atoms with Crippen molar-refractivity contribution >= 4 is 23.6 Å². The van der Waals surface area contributed by atoms with Crippen molar-refractivity contribution in [3.8, 4) is 0 Å². The number of fused-ring (bicyclic) bond motifs is 1. The Balaban J connectivity index is 1.56. The Hall–Kier alpha value is -2.65. The van der Waals surface area contributed by atoms with Crippen LogP contribution in [-0.4, -0.2) is 64.8 Å². The number of imide groups is 2. The molecule has 0 aromatic heterocycles. The first kappa shape index (κ1) is 18.7. The minimum Gasteiger partial charge on any atom is -0.329 e. The van der Waals surface area contributed by atoms with Crippen LogP contribution >= 0.6 is 0 Å². The van der Waals surface area contributed by atoms with Gasteiger partial charge in [-0.2, -0.15) is 0 Å². The molecule has 4 rings (SSSR count). The molecule has 0 radical (unpaired) electrons. The molecule has 3 aliphatic heterocycles. The Bertz CT molecular complexity index is 873. The lowest BCUT2D eigenvalue weighted by molar-refractivity contribution is -0.136. The molecule has 0 saturated carbocycles. The lowest BCUT2D eigenvalue weighted by Crippen LogP contribution is -2.54. The van der Waals surface area contributed by atoms with Gasteiger partial charge in [0.15, 0.2) is 0 Å². The van der Waals surface area contributed by atoms with E-state index in [-0.39, 0.29) is 36.6 Å². The number of halogens is 1. The van der Waals surface area contributed by atoms with Crippen LogP contribution in [0.25, 0.3) is 0 Å². The maximum Gasteiger partial charge on any atom is 0.262 e. The summed E-state index contributed by atoms with van der Waals surface area (Å²) >= 11 is 0. The van der Waals surface area contributed by atoms with E-state index in [1.807, 2.05) is 4.90 Å². The van der Waals surface area contributed by atoms with Crippen molar-refractivity contribution in [3.05, 3.63) is 34.9 Å². The summed E-state index contributed by atoms with van der Waals surface area (Å²) in [4.78, 5) is 51.8. The predicted octanol–water partition coefficient (Wildman–Crippen LogP) is -0.0411. The summed E-state index contributed by atoms with van der Waals surface area (Å²) in [5, 5.41) is 2.17. The van der Waals surface area contributed by atoms with Crippen molar-refractivity contribution in [1.82, 2.24) is 15.1 Å². The van der Waals surface area contributed by atoms with Gasteiger partial charge in [-0.15, -0.1) is 0 Å². The number of nitrogens with zero attached hydrogens (tertiary/aromatic N) is 2. The monoisotopic (exact) mass is 388 g/mol. The van der Waals surface area contributed by atoms with E-state index in [1.165, 1.54) is 0 Å². The van der Waals surface area contributed by atoms with Crippen LogP contribution in [0.5, 0.6) is 0 Å². The van der Waals surface area contributed by atoms with E-state index in [0.29, 0.717) is 19.5 Å². The number of rotatable bonds is 4. The summed E-state index contributed by atoms with van der Waals surface area (Å²) in [5.74, 6) is -2.13. The third-order valence-corrected chi connectivity index (χ3v) is 5.64. The van der Waals surface area contributed by atoms with E-state index >= 15 is 0 Å². The molecule has 3 N–H and O–H groups in total. The second kappa shape index (κ2) is 7.06. The number of carbonyl (C=O) groups is 4. The highest BCUT2D eigenvalue weighted by Gasteiger charge is 2.44. The Labute approximate surface area is 160 Å². The topological polar surface area (TPSA) is 113 Å². The van der Waals surface area contributed by atoms with E-state index < -0.39 is 35.8 Å². The minimum atomic E-state index is -0.985. The molecule has 8 nitrogen and oxygen atoms in total. The molecule has 0 spiro atoms. The first-order valence-electron chi connectivity index (χ1n) is 9.31. The molecule has 148 valence electrons. The number of hydrogen-bond donors (Lipinski definition) is 2. The average molecular weight is 388 g/mol. The quantitative estimate of drug-likeness (QED) is 0.700. The van der Waals surface area contributed by atoms with Gasteiger partial charge in [0, 0.05) is 32.1 Å². The molecule has 3 heterocycles. The molecular formula is C19H21FN4O4. The molecule has 2 fully saturated rings. The maximum atomic E-state index is 13.7. The fourth-order valence-corrected chi connectivity index (χ4v) is 4.21. The van der Waals surface area contributed by atoms with E-state index in [1.54, 1.807) is 18.2 Å². The van der Waals surface area contributed by atoms with Gasteiger partial charge < -0.3 is 5.73 Å². The summed E-state index contributed by atoms with van der Waals surface area (Å²) < 4.78 is 13.7. The van der Waals surface area contributed by atoms with Gasteiger partial charge in [0.05, 0.1) is 11.1 Å². The number of amides is 4. The van der Waals surface area contributed by atoms with Crippen molar-refractivity contribution in [3.63, 3.8) is 0 Å². The molecule has 9 heteroatoms. The molecule has 28 heavy (non-hydrogen) atoms. The zero-order chi connectivity index (χ0) is 20.0. The molecule has 3 aliphatic rings. The number of hydrogen-bond acceptors (Lipinski definition) is 6. The predicted molar refractivity (Wildman–Crippen MR) is 95.9 cm³/mol. The minimum absolute atomic E-state index is 0.0550. The highest BCUT2D eigenvalue weighted by Crippen LogP contribution is 2.29. The molecule has 1 unspecified atom stereocenters. The lowest BCUT2D eigenvalue weighted by Gasteiger charge is -2.27. The van der Waals surface area contributed by atoms with Gasteiger partial charge in [-0.3, -0.25) is 34.3 Å². The van der Waals surface area contributed by atoms with Crippen LogP contribution in [0, 0.1) is 0 Å². The second-order valence-corrected chi connectivity index (χ2v) is 7.48. The number of alkyl halides is 1. The highest BCUT2D eigenvalue weighted by molar-refractivity contribution is 6.23. The number of nitrogens with two attached hydrogens (primary N) is 1. The van der Waals surface area contributed by atoms with E-state index in [4.69, 9.17) is 5.73 Å². The fraction of sp³-hybridized carbons (Fsp3) is 0.474. The van der Waals surface area contributed by atoms with Crippen molar-refractivity contribution < 1.29 is 23.6 Å². The molecule has 1 aromatic rings. The molecule has 2 saturated heterocycles. The maximum absolute atomic E-state index is 13.7. The van der Waals surface area contributed by atoms with Crippen molar-refractivity contribution in [2.45, 2.75) is 44.1 Å². The number of carbonyl (C=O) groups excluding carboxylic acids is 4. The molecule has 3 atom stereocenters. The third-order valence-electron chi connectivity index (χ3n) is 5.64. The normalized spacial score (nSPS) is 28.1. The summed E-state index contributed by atoms with van der Waals surface area (Å²) in [7, 11) is 0. The van der Waals surface area contributed by atoms with Crippen molar-refractivity contribution in [2.75, 3.05) is 13.1 Å². The van der Waals surface area contributed by atoms with E-state index in [2.05, 4.69) is 5.32 Å². The summed E-state index contributed by atoms with van der Waals surface area (Å²) in [6.07, 6.45) is -0.335. The van der Waals surface area contributed by atoms with E-state index in [0.717, 1.165) is 10.5 Å². The van der Waals surface area contributed by atoms with Gasteiger partial charge in [0.1, 0.15) is 12.2 Å². The van der Waals surface area contributed by atoms with Gasteiger partial charge in [-0.25, -0.2) is 4.39 Å². The summed E-state index contributed by atoms with van der Waals surface area (Å²) in [6, 6.07) is 3.89. The van der Waals surface area contributed by atoms with Gasteiger partial charge in [0.25, 0.3) is 11.8 Å². The summed E-state index contributed by atoms with van der Waals surface area (Å²) in [6.45, 7) is 1.07. The number of benzene rings is 1. The number of piperidine rings is 1. The zero-order valence-electron chi connectivity index (χ0n) is 15.2. The fourth-order valence-electron chi connectivity index (χ4n) is 4.21. The van der Waals surface area contributed by atoms with Crippen LogP contribution in [0.2, 0.25) is 0 Å². The van der Waals surface area contributed by atoms with Crippen molar-refractivity contribution in [1.29, 1.82) is 0 Å². The Morgan fingerprint density at radius 3 is 2.61 bits per heavy atom. The standard InChI is InChI=1S/C19H21FN4O4/c20-11-6-12(7-21)23(9-11)8-10-1-2-13-14(5-10)19(28)24(18(13)27)15-3-4-16(25)22-17(15)26/h1-2,5,11-12,15H,3-4,6-9,21H2,(H,22,25,26)/t11-,12-,15?/m0/s1. The molecule has 1 aromatic carbocycles. The van der Waals surface area contributed by atoms with Crippen LogP contribution in [0.3, 0.4) is 0 Å². The molecule has 0 bridgehead atoms.